The Hall–Kier alpha value is -0.760. The van der Waals surface area contributed by atoms with E-state index < -0.39 is 0 Å². The van der Waals surface area contributed by atoms with E-state index in [-0.39, 0.29) is 0 Å². The van der Waals surface area contributed by atoms with Crippen molar-refractivity contribution < 1.29 is 4.42 Å². The summed E-state index contributed by atoms with van der Waals surface area (Å²) in [7, 11) is 2.17. The largest absolute Gasteiger partial charge is 0.468 e. The molecule has 2 nitrogen and oxygen atoms in total. The molecule has 2 rings (SSSR count). The monoisotopic (exact) mass is 165 g/mol. The molecule has 0 aromatic carbocycles. The molecule has 0 spiro atoms. The fourth-order valence-electron chi connectivity index (χ4n) is 1.92. The van der Waals surface area contributed by atoms with E-state index in [1.165, 1.54) is 25.8 Å². The second-order valence-corrected chi connectivity index (χ2v) is 3.51. The lowest BCUT2D eigenvalue weighted by molar-refractivity contribution is 0.164. The smallest absolute Gasteiger partial charge is 0.120 e. The van der Waals surface area contributed by atoms with Crippen LogP contribution in [0.5, 0.6) is 0 Å². The number of rotatable bonds is 1. The van der Waals surface area contributed by atoms with Gasteiger partial charge in [0.1, 0.15) is 5.76 Å². The van der Waals surface area contributed by atoms with Crippen LogP contribution in [0.1, 0.15) is 31.1 Å². The maximum Gasteiger partial charge on any atom is 0.120 e. The minimum absolute atomic E-state index is 0.522. The summed E-state index contributed by atoms with van der Waals surface area (Å²) in [6.07, 6.45) is 5.66. The van der Waals surface area contributed by atoms with Crippen LogP contribution in [0.3, 0.4) is 0 Å². The number of piperidine rings is 1. The van der Waals surface area contributed by atoms with Crippen LogP contribution < -0.4 is 0 Å². The van der Waals surface area contributed by atoms with Crippen molar-refractivity contribution >= 4 is 0 Å². The van der Waals surface area contributed by atoms with Crippen molar-refractivity contribution in [1.82, 2.24) is 4.90 Å². The molecule has 0 unspecified atom stereocenters. The molecule has 0 radical (unpaired) electrons. The first kappa shape index (κ1) is 7.87. The number of hydrogen-bond acceptors (Lipinski definition) is 2. The normalized spacial score (nSPS) is 25.9. The molecule has 0 amide bonds. The van der Waals surface area contributed by atoms with E-state index in [1.54, 1.807) is 6.26 Å². The third-order valence-corrected chi connectivity index (χ3v) is 2.64. The fourth-order valence-corrected chi connectivity index (χ4v) is 1.92. The van der Waals surface area contributed by atoms with Gasteiger partial charge >= 0.3 is 0 Å². The molecule has 1 aliphatic rings. The van der Waals surface area contributed by atoms with Gasteiger partial charge in [-0.1, -0.05) is 6.42 Å². The van der Waals surface area contributed by atoms with Gasteiger partial charge in [-0.2, -0.15) is 0 Å². The van der Waals surface area contributed by atoms with Crippen molar-refractivity contribution in [3.05, 3.63) is 24.2 Å². The van der Waals surface area contributed by atoms with E-state index >= 15 is 0 Å². The number of nitrogens with zero attached hydrogens (tertiary/aromatic N) is 1. The van der Waals surface area contributed by atoms with Crippen LogP contribution in [0.2, 0.25) is 0 Å². The Bertz CT molecular complexity index is 230. The minimum atomic E-state index is 0.522. The molecular formula is C10H15NO. The van der Waals surface area contributed by atoms with E-state index in [2.05, 4.69) is 18.0 Å². The second-order valence-electron chi connectivity index (χ2n) is 3.51. The van der Waals surface area contributed by atoms with E-state index in [9.17, 15) is 0 Å². The molecule has 12 heavy (non-hydrogen) atoms. The third kappa shape index (κ3) is 1.39. The summed E-state index contributed by atoms with van der Waals surface area (Å²) in [6, 6.07) is 4.57. The van der Waals surface area contributed by atoms with Crippen LogP contribution in [0.15, 0.2) is 22.8 Å². The fraction of sp³-hybridized carbons (Fsp3) is 0.600. The van der Waals surface area contributed by atoms with Crippen molar-refractivity contribution in [2.24, 2.45) is 0 Å². The maximum atomic E-state index is 5.40. The van der Waals surface area contributed by atoms with Gasteiger partial charge in [-0.15, -0.1) is 0 Å². The Morgan fingerprint density at radius 2 is 2.42 bits per heavy atom. The van der Waals surface area contributed by atoms with Gasteiger partial charge in [-0.3, -0.25) is 4.90 Å². The van der Waals surface area contributed by atoms with Gasteiger partial charge < -0.3 is 4.42 Å². The summed E-state index contributed by atoms with van der Waals surface area (Å²) in [5.41, 5.74) is 0. The van der Waals surface area contributed by atoms with Crippen LogP contribution in [0, 0.1) is 0 Å². The van der Waals surface area contributed by atoms with Gasteiger partial charge in [0.15, 0.2) is 0 Å². The molecule has 1 atom stereocenters. The summed E-state index contributed by atoms with van der Waals surface area (Å²) < 4.78 is 5.40. The lowest BCUT2D eigenvalue weighted by Crippen LogP contribution is -2.29. The minimum Gasteiger partial charge on any atom is -0.468 e. The molecule has 1 aromatic rings. The summed E-state index contributed by atoms with van der Waals surface area (Å²) in [6.45, 7) is 1.20. The summed E-state index contributed by atoms with van der Waals surface area (Å²) in [4.78, 5) is 2.38. The van der Waals surface area contributed by atoms with Gasteiger partial charge in [0.25, 0.3) is 0 Å². The van der Waals surface area contributed by atoms with Crippen LogP contribution in [0.25, 0.3) is 0 Å². The van der Waals surface area contributed by atoms with E-state index in [4.69, 9.17) is 4.42 Å². The first-order valence-corrected chi connectivity index (χ1v) is 4.61. The second kappa shape index (κ2) is 3.31. The van der Waals surface area contributed by atoms with Gasteiger partial charge in [-0.05, 0) is 38.6 Å². The molecule has 0 aliphatic carbocycles. The standard InChI is InChI=1S/C10H15NO/c1-11-7-3-2-5-9(11)10-6-4-8-12-10/h4,6,8-9H,2-3,5,7H2,1H3/t9-/m0/s1. The molecule has 0 N–H and O–H groups in total. The molecule has 66 valence electrons. The summed E-state index contributed by atoms with van der Waals surface area (Å²) in [5, 5.41) is 0. The average Bonchev–Trinajstić information content (AvgIpc) is 2.57. The molecule has 1 aromatic heterocycles. The van der Waals surface area contributed by atoms with E-state index in [0.29, 0.717) is 6.04 Å². The summed E-state index contributed by atoms with van der Waals surface area (Å²) in [5.74, 6) is 1.12. The highest BCUT2D eigenvalue weighted by atomic mass is 16.3. The summed E-state index contributed by atoms with van der Waals surface area (Å²) >= 11 is 0. The highest BCUT2D eigenvalue weighted by molar-refractivity contribution is 5.05. The lowest BCUT2D eigenvalue weighted by Gasteiger charge is -2.30. The molecule has 0 bridgehead atoms. The van der Waals surface area contributed by atoms with Crippen molar-refractivity contribution in [2.45, 2.75) is 25.3 Å². The van der Waals surface area contributed by atoms with Crippen molar-refractivity contribution in [2.75, 3.05) is 13.6 Å². The molecule has 0 saturated carbocycles. The van der Waals surface area contributed by atoms with Gasteiger partial charge in [-0.25, -0.2) is 0 Å². The number of furan rings is 1. The van der Waals surface area contributed by atoms with Crippen LogP contribution in [-0.4, -0.2) is 18.5 Å². The molecule has 2 heteroatoms. The molecular weight excluding hydrogens is 150 g/mol. The molecule has 2 heterocycles. The van der Waals surface area contributed by atoms with Gasteiger partial charge in [0.05, 0.1) is 12.3 Å². The first-order chi connectivity index (χ1) is 5.88. The predicted octanol–water partition coefficient (Wildman–Crippen LogP) is 2.44. The Morgan fingerprint density at radius 3 is 3.08 bits per heavy atom. The zero-order valence-corrected chi connectivity index (χ0v) is 7.49. The van der Waals surface area contributed by atoms with Crippen molar-refractivity contribution in [3.8, 4) is 0 Å². The Balaban J connectivity index is 2.11. The van der Waals surface area contributed by atoms with E-state index in [0.717, 1.165) is 5.76 Å². The van der Waals surface area contributed by atoms with Gasteiger partial charge in [0, 0.05) is 0 Å². The average molecular weight is 165 g/mol. The Morgan fingerprint density at radius 1 is 1.50 bits per heavy atom. The topological polar surface area (TPSA) is 16.4 Å². The van der Waals surface area contributed by atoms with Crippen molar-refractivity contribution in [3.63, 3.8) is 0 Å². The lowest BCUT2D eigenvalue weighted by atomic mass is 10.0. The Labute approximate surface area is 73.2 Å². The highest BCUT2D eigenvalue weighted by Gasteiger charge is 2.22. The molecule has 1 saturated heterocycles. The van der Waals surface area contributed by atoms with Crippen molar-refractivity contribution in [1.29, 1.82) is 0 Å². The SMILES string of the molecule is CN1CCCC[C@H]1c1ccco1. The first-order valence-electron chi connectivity index (χ1n) is 4.61. The predicted molar refractivity (Wildman–Crippen MR) is 47.9 cm³/mol. The zero-order valence-electron chi connectivity index (χ0n) is 7.49. The number of hydrogen-bond donors (Lipinski definition) is 0. The van der Waals surface area contributed by atoms with Gasteiger partial charge in [0.2, 0.25) is 0 Å². The van der Waals surface area contributed by atoms with Crippen LogP contribution in [0.4, 0.5) is 0 Å². The molecule has 1 aliphatic heterocycles. The quantitative estimate of drug-likeness (QED) is 0.635. The third-order valence-electron chi connectivity index (χ3n) is 2.64. The van der Waals surface area contributed by atoms with E-state index in [1.807, 2.05) is 6.07 Å². The van der Waals surface area contributed by atoms with Crippen LogP contribution >= 0.6 is 0 Å². The number of likely N-dealkylation sites (tertiary alicyclic amines) is 1. The Kier molecular flexibility index (Phi) is 2.17. The maximum absolute atomic E-state index is 5.40. The van der Waals surface area contributed by atoms with Crippen LogP contribution in [-0.2, 0) is 0 Å². The molecule has 1 fully saturated rings. The zero-order chi connectivity index (χ0) is 8.39. The highest BCUT2D eigenvalue weighted by Crippen LogP contribution is 2.29.